The average Bonchev–Trinajstić information content (AvgIpc) is 3.83. The summed E-state index contributed by atoms with van der Waals surface area (Å²) in [6.07, 6.45) is 8.56. The first-order chi connectivity index (χ1) is 27.7. The third kappa shape index (κ3) is 5.55. The van der Waals surface area contributed by atoms with E-state index in [-0.39, 0.29) is 0 Å². The lowest BCUT2D eigenvalue weighted by Gasteiger charge is -2.15. The molecule has 11 rings (SSSR count). The zero-order valence-electron chi connectivity index (χ0n) is 30.4. The van der Waals surface area contributed by atoms with Crippen molar-refractivity contribution in [2.75, 3.05) is 0 Å². The Morgan fingerprint density at radius 3 is 1.84 bits per heavy atom. The maximum Gasteiger partial charge on any atom is 0.164 e. The van der Waals surface area contributed by atoms with Crippen LogP contribution in [0.2, 0.25) is 0 Å². The maximum absolute atomic E-state index is 5.09. The van der Waals surface area contributed by atoms with E-state index in [2.05, 4.69) is 168 Å². The number of fused-ring (bicyclic) bond motifs is 6. The number of para-hydroxylation sites is 2. The van der Waals surface area contributed by atoms with Crippen molar-refractivity contribution in [3.63, 3.8) is 0 Å². The number of aromatic nitrogens is 4. The Hall–Kier alpha value is -6.95. The fourth-order valence-corrected chi connectivity index (χ4v) is 9.44. The summed E-state index contributed by atoms with van der Waals surface area (Å²) in [7, 11) is 0. The van der Waals surface area contributed by atoms with Gasteiger partial charge in [0.2, 0.25) is 0 Å². The molecule has 0 saturated heterocycles. The van der Waals surface area contributed by atoms with Crippen molar-refractivity contribution >= 4 is 58.9 Å². The predicted molar refractivity (Wildman–Crippen MR) is 235 cm³/mol. The summed E-state index contributed by atoms with van der Waals surface area (Å²) in [6.45, 7) is 0. The number of hydrogen-bond donors (Lipinski definition) is 0. The third-order valence-corrected chi connectivity index (χ3v) is 12.1. The Bertz CT molecular complexity index is 3150. The highest BCUT2D eigenvalue weighted by Crippen LogP contribution is 2.42. The minimum Gasteiger partial charge on any atom is -0.309 e. The van der Waals surface area contributed by atoms with Gasteiger partial charge in [0.1, 0.15) is 0 Å². The standard InChI is InChI=1S/C51H34N4S/c1-3-15-33(16-4-1)49-52-50(34-17-5-2-6-18-34)54-51(53-49)36-20-13-19-35(29-36)37-30-38(40-24-14-25-44-43-23-9-12-28-47(43)56-48(40)44)32-39(31-37)55-45-26-10-7-21-41(45)42-22-8-11-27-46(42)55/h1,3-5,7-32H,2,6H2. The van der Waals surface area contributed by atoms with Crippen LogP contribution < -0.4 is 0 Å². The molecule has 0 unspecified atom stereocenters. The molecule has 5 heteroatoms. The molecule has 0 amide bonds. The van der Waals surface area contributed by atoms with Crippen molar-refractivity contribution in [1.82, 2.24) is 19.5 Å². The maximum atomic E-state index is 5.09. The van der Waals surface area contributed by atoms with Crippen LogP contribution in [0.25, 0.3) is 98.3 Å². The molecule has 1 aliphatic rings. The van der Waals surface area contributed by atoms with Crippen LogP contribution in [0.15, 0.2) is 182 Å². The second-order valence-electron chi connectivity index (χ2n) is 14.3. The van der Waals surface area contributed by atoms with Crippen molar-refractivity contribution in [2.45, 2.75) is 12.8 Å². The molecule has 10 aromatic rings. The van der Waals surface area contributed by atoms with Gasteiger partial charge >= 0.3 is 0 Å². The smallest absolute Gasteiger partial charge is 0.164 e. The molecule has 0 N–H and O–H groups in total. The number of nitrogens with zero attached hydrogens (tertiary/aromatic N) is 4. The lowest BCUT2D eigenvalue weighted by atomic mass is 9.96. The second kappa shape index (κ2) is 13.4. The van der Waals surface area contributed by atoms with E-state index in [1.165, 1.54) is 53.1 Å². The Balaban J connectivity index is 1.13. The average molecular weight is 735 g/mol. The lowest BCUT2D eigenvalue weighted by molar-refractivity contribution is 1.01. The largest absolute Gasteiger partial charge is 0.309 e. The van der Waals surface area contributed by atoms with Crippen molar-refractivity contribution in [1.29, 1.82) is 0 Å². The van der Waals surface area contributed by atoms with E-state index in [1.807, 2.05) is 29.5 Å². The van der Waals surface area contributed by atoms with E-state index >= 15 is 0 Å². The zero-order valence-corrected chi connectivity index (χ0v) is 31.2. The van der Waals surface area contributed by atoms with E-state index < -0.39 is 0 Å². The van der Waals surface area contributed by atoms with E-state index in [9.17, 15) is 0 Å². The summed E-state index contributed by atoms with van der Waals surface area (Å²) < 4.78 is 5.01. The summed E-state index contributed by atoms with van der Waals surface area (Å²) >= 11 is 1.87. The minimum atomic E-state index is 0.657. The van der Waals surface area contributed by atoms with Crippen molar-refractivity contribution in [3.05, 3.63) is 188 Å². The molecule has 0 aliphatic heterocycles. The molecule has 1 aliphatic carbocycles. The number of allylic oxidation sites excluding steroid dienone is 4. The quantitative estimate of drug-likeness (QED) is 0.171. The Morgan fingerprint density at radius 2 is 1.05 bits per heavy atom. The van der Waals surface area contributed by atoms with Crippen LogP contribution in [0.1, 0.15) is 18.7 Å². The molecule has 0 atom stereocenters. The highest BCUT2D eigenvalue weighted by molar-refractivity contribution is 7.26. The number of hydrogen-bond acceptors (Lipinski definition) is 4. The molecular formula is C51H34N4S. The van der Waals surface area contributed by atoms with E-state index in [4.69, 9.17) is 15.0 Å². The molecule has 0 radical (unpaired) electrons. The topological polar surface area (TPSA) is 43.6 Å². The van der Waals surface area contributed by atoms with Gasteiger partial charge in [0.25, 0.3) is 0 Å². The SMILES string of the molecule is C1=CC(c2nc(-c3ccccc3)nc(-c3cccc(-c4cc(-c5cccc6c5sc5ccccc56)cc(-n5c6ccccc6c6ccccc65)c4)c3)n2)=CCC1. The zero-order chi connectivity index (χ0) is 37.0. The molecule has 264 valence electrons. The van der Waals surface area contributed by atoms with Crippen LogP contribution in [-0.2, 0) is 0 Å². The third-order valence-electron chi connectivity index (χ3n) is 10.8. The predicted octanol–water partition coefficient (Wildman–Crippen LogP) is 13.7. The van der Waals surface area contributed by atoms with Gasteiger partial charge in [-0.1, -0.05) is 140 Å². The monoisotopic (exact) mass is 734 g/mol. The van der Waals surface area contributed by atoms with Gasteiger partial charge in [-0.3, -0.25) is 0 Å². The molecule has 0 saturated carbocycles. The molecule has 0 bridgehead atoms. The molecule has 0 spiro atoms. The highest BCUT2D eigenvalue weighted by atomic mass is 32.1. The Labute approximate surface area is 328 Å². The van der Waals surface area contributed by atoms with Gasteiger partial charge in [0.05, 0.1) is 11.0 Å². The van der Waals surface area contributed by atoms with Gasteiger partial charge in [0, 0.05) is 53.3 Å². The fraction of sp³-hybridized carbons (Fsp3) is 0.0392. The van der Waals surface area contributed by atoms with Crippen LogP contribution in [-0.4, -0.2) is 19.5 Å². The minimum absolute atomic E-state index is 0.657. The first kappa shape index (κ1) is 32.5. The van der Waals surface area contributed by atoms with Crippen LogP contribution in [0.4, 0.5) is 0 Å². The van der Waals surface area contributed by atoms with Crippen LogP contribution in [0, 0.1) is 0 Å². The summed E-state index contributed by atoms with van der Waals surface area (Å²) in [5.74, 6) is 2.02. The van der Waals surface area contributed by atoms with E-state index in [0.717, 1.165) is 46.4 Å². The van der Waals surface area contributed by atoms with Crippen LogP contribution in [0.3, 0.4) is 0 Å². The molecule has 56 heavy (non-hydrogen) atoms. The molecule has 3 heterocycles. The van der Waals surface area contributed by atoms with E-state index in [1.54, 1.807) is 0 Å². The highest BCUT2D eigenvalue weighted by Gasteiger charge is 2.18. The van der Waals surface area contributed by atoms with Crippen LogP contribution >= 0.6 is 11.3 Å². The van der Waals surface area contributed by atoms with Gasteiger partial charge in [-0.05, 0) is 77.6 Å². The molecule has 3 aromatic heterocycles. The molecule has 0 fully saturated rings. The van der Waals surface area contributed by atoms with Crippen LogP contribution in [0.5, 0.6) is 0 Å². The lowest BCUT2D eigenvalue weighted by Crippen LogP contribution is -2.03. The van der Waals surface area contributed by atoms with Crippen molar-refractivity contribution in [3.8, 4) is 50.7 Å². The van der Waals surface area contributed by atoms with Gasteiger partial charge in [0.15, 0.2) is 17.5 Å². The molecule has 7 aromatic carbocycles. The Kier molecular flexibility index (Phi) is 7.78. The first-order valence-corrected chi connectivity index (χ1v) is 19.9. The number of benzene rings is 7. The normalized spacial score (nSPS) is 12.9. The number of rotatable bonds is 6. The van der Waals surface area contributed by atoms with Crippen molar-refractivity contribution < 1.29 is 0 Å². The summed E-state index contributed by atoms with van der Waals surface area (Å²) in [5, 5.41) is 5.07. The van der Waals surface area contributed by atoms with Gasteiger partial charge in [-0.2, -0.15) is 0 Å². The molecule has 4 nitrogen and oxygen atoms in total. The van der Waals surface area contributed by atoms with Gasteiger partial charge in [-0.15, -0.1) is 11.3 Å². The Morgan fingerprint density at radius 1 is 0.446 bits per heavy atom. The van der Waals surface area contributed by atoms with Crippen molar-refractivity contribution in [2.24, 2.45) is 0 Å². The van der Waals surface area contributed by atoms with E-state index in [0.29, 0.717) is 17.5 Å². The summed E-state index contributed by atoms with van der Waals surface area (Å²) in [6, 6.07) is 58.8. The summed E-state index contributed by atoms with van der Waals surface area (Å²) in [5.41, 5.74) is 11.0. The fourth-order valence-electron chi connectivity index (χ4n) is 8.21. The van der Waals surface area contributed by atoms with Gasteiger partial charge in [-0.25, -0.2) is 15.0 Å². The summed E-state index contributed by atoms with van der Waals surface area (Å²) in [4.78, 5) is 15.1. The number of thiophene rings is 1. The second-order valence-corrected chi connectivity index (χ2v) is 15.4. The first-order valence-electron chi connectivity index (χ1n) is 19.1. The van der Waals surface area contributed by atoms with Gasteiger partial charge < -0.3 is 4.57 Å². The molecular weight excluding hydrogens is 701 g/mol.